The predicted octanol–water partition coefficient (Wildman–Crippen LogP) is 4.70. The van der Waals surface area contributed by atoms with Crippen molar-refractivity contribution in [2.75, 3.05) is 0 Å². The molecule has 2 fully saturated rings. The van der Waals surface area contributed by atoms with E-state index in [0.717, 1.165) is 19.3 Å². The summed E-state index contributed by atoms with van der Waals surface area (Å²) in [5.74, 6) is 0.928. The van der Waals surface area contributed by atoms with Gasteiger partial charge < -0.3 is 10.2 Å². The number of fused-ring (bicyclic) bond motifs is 1. The van der Waals surface area contributed by atoms with Crippen molar-refractivity contribution in [3.63, 3.8) is 0 Å². The zero-order valence-electron chi connectivity index (χ0n) is 15.3. The SMILES string of the molecule is C=C[C@@](C)(O)CC[C@@H]1[C@@]2(C)CCCC(C)(C)C2CC[C@@]1(C)O. The second-order valence-corrected chi connectivity index (χ2v) is 9.45. The second kappa shape index (κ2) is 5.63. The summed E-state index contributed by atoms with van der Waals surface area (Å²) in [5.41, 5.74) is -0.900. The van der Waals surface area contributed by atoms with Crippen molar-refractivity contribution < 1.29 is 10.2 Å². The molecule has 0 spiro atoms. The highest BCUT2D eigenvalue weighted by molar-refractivity contribution is 5.08. The lowest BCUT2D eigenvalue weighted by atomic mass is 9.45. The van der Waals surface area contributed by atoms with Gasteiger partial charge in [0, 0.05) is 0 Å². The van der Waals surface area contributed by atoms with Gasteiger partial charge in [-0.1, -0.05) is 33.3 Å². The Bertz CT molecular complexity index is 421. The number of aliphatic hydroxyl groups is 2. The third-order valence-corrected chi connectivity index (χ3v) is 7.14. The van der Waals surface area contributed by atoms with Crippen LogP contribution < -0.4 is 0 Å². The first kappa shape index (κ1) is 18.0. The van der Waals surface area contributed by atoms with Crippen LogP contribution in [0.25, 0.3) is 0 Å². The lowest BCUT2D eigenvalue weighted by Gasteiger charge is -2.61. The molecule has 2 rings (SSSR count). The van der Waals surface area contributed by atoms with E-state index < -0.39 is 11.2 Å². The van der Waals surface area contributed by atoms with Gasteiger partial charge in [0.25, 0.3) is 0 Å². The van der Waals surface area contributed by atoms with Gasteiger partial charge in [0.2, 0.25) is 0 Å². The fourth-order valence-electron chi connectivity index (χ4n) is 5.80. The topological polar surface area (TPSA) is 40.5 Å². The number of hydrogen-bond donors (Lipinski definition) is 2. The van der Waals surface area contributed by atoms with Crippen LogP contribution in [0.3, 0.4) is 0 Å². The summed E-state index contributed by atoms with van der Waals surface area (Å²) in [7, 11) is 0. The van der Waals surface area contributed by atoms with E-state index in [1.54, 1.807) is 6.08 Å². The lowest BCUT2D eigenvalue weighted by Crippen LogP contribution is -2.57. The van der Waals surface area contributed by atoms with Gasteiger partial charge in [0.1, 0.15) is 0 Å². The minimum atomic E-state index is -0.830. The van der Waals surface area contributed by atoms with E-state index in [1.165, 1.54) is 19.3 Å². The molecule has 0 heterocycles. The van der Waals surface area contributed by atoms with Gasteiger partial charge in [-0.15, -0.1) is 6.58 Å². The third kappa shape index (κ3) is 3.14. The Kier molecular flexibility index (Phi) is 4.61. The predicted molar refractivity (Wildman–Crippen MR) is 92.6 cm³/mol. The molecule has 1 unspecified atom stereocenters. The molecule has 2 heteroatoms. The molecular weight excluding hydrogens is 272 g/mol. The van der Waals surface area contributed by atoms with Gasteiger partial charge in [-0.25, -0.2) is 0 Å². The maximum absolute atomic E-state index is 11.1. The van der Waals surface area contributed by atoms with E-state index in [4.69, 9.17) is 0 Å². The first-order chi connectivity index (χ1) is 9.95. The van der Waals surface area contributed by atoms with Crippen LogP contribution in [0.5, 0.6) is 0 Å². The molecule has 0 aromatic carbocycles. The van der Waals surface area contributed by atoms with Crippen molar-refractivity contribution in [2.24, 2.45) is 22.7 Å². The molecule has 2 nitrogen and oxygen atoms in total. The summed E-state index contributed by atoms with van der Waals surface area (Å²) in [6.45, 7) is 14.8. The minimum absolute atomic E-state index is 0.181. The fraction of sp³-hybridized carbons (Fsp3) is 0.900. The first-order valence-corrected chi connectivity index (χ1v) is 9.03. The van der Waals surface area contributed by atoms with Gasteiger partial charge in [-0.3, -0.25) is 0 Å². The normalized spacial score (nSPS) is 44.0. The Morgan fingerprint density at radius 3 is 2.41 bits per heavy atom. The van der Waals surface area contributed by atoms with Gasteiger partial charge in [-0.05, 0) is 75.0 Å². The third-order valence-electron chi connectivity index (χ3n) is 7.14. The lowest BCUT2D eigenvalue weighted by molar-refractivity contribution is -0.171. The molecule has 0 amide bonds. The molecule has 0 saturated heterocycles. The number of rotatable bonds is 4. The average molecular weight is 309 g/mol. The van der Waals surface area contributed by atoms with Crippen LogP contribution in [0, 0.1) is 22.7 Å². The molecule has 0 radical (unpaired) electrons. The summed E-state index contributed by atoms with van der Waals surface area (Å²) in [4.78, 5) is 0. The Morgan fingerprint density at radius 2 is 1.82 bits per heavy atom. The molecule has 2 saturated carbocycles. The van der Waals surface area contributed by atoms with Crippen LogP contribution in [0.2, 0.25) is 0 Å². The van der Waals surface area contributed by atoms with Crippen molar-refractivity contribution in [1.82, 2.24) is 0 Å². The maximum Gasteiger partial charge on any atom is 0.0797 e. The van der Waals surface area contributed by atoms with Crippen molar-refractivity contribution in [1.29, 1.82) is 0 Å². The van der Waals surface area contributed by atoms with E-state index in [1.807, 2.05) is 13.8 Å². The molecule has 0 aromatic heterocycles. The monoisotopic (exact) mass is 308 g/mol. The highest BCUT2D eigenvalue weighted by atomic mass is 16.3. The van der Waals surface area contributed by atoms with Gasteiger partial charge in [-0.2, -0.15) is 0 Å². The zero-order valence-corrected chi connectivity index (χ0v) is 15.3. The van der Waals surface area contributed by atoms with E-state index in [9.17, 15) is 10.2 Å². The molecule has 0 bridgehead atoms. The van der Waals surface area contributed by atoms with Gasteiger partial charge in [0.05, 0.1) is 11.2 Å². The summed E-state index contributed by atoms with van der Waals surface area (Å²) >= 11 is 0. The van der Waals surface area contributed by atoms with Crippen LogP contribution in [-0.2, 0) is 0 Å². The fourth-order valence-corrected chi connectivity index (χ4v) is 5.80. The Hall–Kier alpha value is -0.340. The molecule has 128 valence electrons. The van der Waals surface area contributed by atoms with E-state index in [0.29, 0.717) is 17.8 Å². The van der Waals surface area contributed by atoms with Crippen LogP contribution in [-0.4, -0.2) is 21.4 Å². The van der Waals surface area contributed by atoms with Crippen molar-refractivity contribution in [3.8, 4) is 0 Å². The maximum atomic E-state index is 11.1. The largest absolute Gasteiger partial charge is 0.390 e. The van der Waals surface area contributed by atoms with Gasteiger partial charge in [0.15, 0.2) is 0 Å². The summed E-state index contributed by atoms with van der Waals surface area (Å²) < 4.78 is 0. The molecule has 0 aromatic rings. The smallest absolute Gasteiger partial charge is 0.0797 e. The van der Waals surface area contributed by atoms with E-state index >= 15 is 0 Å². The summed E-state index contributed by atoms with van der Waals surface area (Å²) in [5, 5.41) is 21.4. The first-order valence-electron chi connectivity index (χ1n) is 9.03. The van der Waals surface area contributed by atoms with Crippen molar-refractivity contribution >= 4 is 0 Å². The Labute approximate surface area is 137 Å². The zero-order chi connectivity index (χ0) is 16.8. The summed E-state index contributed by atoms with van der Waals surface area (Å²) in [6.07, 6.45) is 8.96. The molecular formula is C20H36O2. The van der Waals surface area contributed by atoms with Crippen LogP contribution in [0.15, 0.2) is 12.7 Å². The van der Waals surface area contributed by atoms with Gasteiger partial charge >= 0.3 is 0 Å². The van der Waals surface area contributed by atoms with Crippen molar-refractivity contribution in [3.05, 3.63) is 12.7 Å². The van der Waals surface area contributed by atoms with Crippen molar-refractivity contribution in [2.45, 2.75) is 90.8 Å². The molecule has 2 N–H and O–H groups in total. The molecule has 22 heavy (non-hydrogen) atoms. The van der Waals surface area contributed by atoms with Crippen LogP contribution in [0.4, 0.5) is 0 Å². The van der Waals surface area contributed by atoms with Crippen LogP contribution >= 0.6 is 0 Å². The minimum Gasteiger partial charge on any atom is -0.390 e. The molecule has 2 aliphatic carbocycles. The summed E-state index contributed by atoms with van der Waals surface area (Å²) in [6, 6.07) is 0. The Morgan fingerprint density at radius 1 is 1.18 bits per heavy atom. The average Bonchev–Trinajstić information content (AvgIpc) is 2.35. The molecule has 5 atom stereocenters. The second-order valence-electron chi connectivity index (χ2n) is 9.45. The van der Waals surface area contributed by atoms with E-state index in [-0.39, 0.29) is 11.3 Å². The quantitative estimate of drug-likeness (QED) is 0.739. The highest BCUT2D eigenvalue weighted by Crippen LogP contribution is 2.63. The standard InChI is InChI=1S/C20H36O2/c1-7-18(4,21)13-9-16-19(5)12-8-11-17(2,3)15(19)10-14-20(16,6)22/h7,15-16,21-22H,1,8-14H2,2-6H3/t15?,16-,18-,19+,20-/m1/s1. The Balaban J connectivity index is 2.28. The highest BCUT2D eigenvalue weighted by Gasteiger charge is 2.57. The number of hydrogen-bond acceptors (Lipinski definition) is 2. The molecule has 2 aliphatic rings. The molecule has 0 aliphatic heterocycles. The van der Waals surface area contributed by atoms with Crippen LogP contribution in [0.1, 0.15) is 79.6 Å². The van der Waals surface area contributed by atoms with E-state index in [2.05, 4.69) is 27.4 Å².